The van der Waals surface area contributed by atoms with Gasteiger partial charge in [0.1, 0.15) is 11.6 Å². The summed E-state index contributed by atoms with van der Waals surface area (Å²) < 4.78 is 18.0. The zero-order chi connectivity index (χ0) is 20.8. The topological polar surface area (TPSA) is 94.9 Å². The highest BCUT2D eigenvalue weighted by molar-refractivity contribution is 5.97. The van der Waals surface area contributed by atoms with Crippen LogP contribution < -0.4 is 10.6 Å². The number of aryl methyl sites for hydroxylation is 1. The van der Waals surface area contributed by atoms with Gasteiger partial charge in [-0.2, -0.15) is 0 Å². The second-order valence-electron chi connectivity index (χ2n) is 6.79. The number of amides is 3. The molecule has 0 radical (unpaired) electrons. The first kappa shape index (κ1) is 20.5. The molecule has 154 valence electrons. The van der Waals surface area contributed by atoms with Crippen LogP contribution in [0.5, 0.6) is 0 Å². The fraction of sp³-hybridized carbons (Fsp3) is 0.350. The Kier molecular flexibility index (Phi) is 6.61. The Labute approximate surface area is 167 Å². The van der Waals surface area contributed by atoms with E-state index in [1.807, 2.05) is 4.90 Å². The lowest BCUT2D eigenvalue weighted by molar-refractivity contribution is -0.132. The van der Waals surface area contributed by atoms with Gasteiger partial charge in [-0.05, 0) is 37.3 Å². The number of hydrogen-bond acceptors (Lipinski definition) is 5. The zero-order valence-electron chi connectivity index (χ0n) is 16.1. The molecule has 0 unspecified atom stereocenters. The summed E-state index contributed by atoms with van der Waals surface area (Å²) in [5.74, 6) is -0.572. The molecule has 1 aromatic heterocycles. The van der Waals surface area contributed by atoms with Crippen molar-refractivity contribution >= 4 is 23.4 Å². The smallest absolute Gasteiger partial charge is 0.255 e. The van der Waals surface area contributed by atoms with Gasteiger partial charge in [0.05, 0.1) is 24.9 Å². The highest BCUT2D eigenvalue weighted by Crippen LogP contribution is 2.10. The fourth-order valence-corrected chi connectivity index (χ4v) is 3.08. The molecule has 3 rings (SSSR count). The molecule has 2 N–H and O–H groups in total. The van der Waals surface area contributed by atoms with Crippen molar-refractivity contribution < 1.29 is 23.2 Å². The van der Waals surface area contributed by atoms with Gasteiger partial charge in [0.2, 0.25) is 11.8 Å². The standard InChI is InChI=1S/C20H23FN4O4/c1-14-17(6-11-29-14)20(28)22-12-19(27)25-9-7-24(8-10-25)13-18(26)23-16-4-2-15(21)3-5-16/h2-6,11H,7-10,12-13H2,1H3,(H,22,28)(H,23,26). The summed E-state index contributed by atoms with van der Waals surface area (Å²) in [5.41, 5.74) is 0.948. The molecule has 1 aliphatic rings. The van der Waals surface area contributed by atoms with Crippen molar-refractivity contribution in [2.24, 2.45) is 0 Å². The molecule has 2 aromatic rings. The minimum Gasteiger partial charge on any atom is -0.469 e. The Morgan fingerprint density at radius 1 is 1.07 bits per heavy atom. The average Bonchev–Trinajstić information content (AvgIpc) is 3.14. The molecule has 1 fully saturated rings. The summed E-state index contributed by atoms with van der Waals surface area (Å²) in [5, 5.41) is 5.32. The molecule has 0 spiro atoms. The van der Waals surface area contributed by atoms with Crippen molar-refractivity contribution in [2.45, 2.75) is 6.92 Å². The third-order valence-electron chi connectivity index (χ3n) is 4.72. The summed E-state index contributed by atoms with van der Waals surface area (Å²) in [7, 11) is 0. The maximum atomic E-state index is 12.9. The lowest BCUT2D eigenvalue weighted by Crippen LogP contribution is -2.52. The highest BCUT2D eigenvalue weighted by atomic mass is 19.1. The minimum atomic E-state index is -0.361. The zero-order valence-corrected chi connectivity index (χ0v) is 16.1. The van der Waals surface area contributed by atoms with E-state index in [2.05, 4.69) is 10.6 Å². The van der Waals surface area contributed by atoms with Crippen LogP contribution in [0.15, 0.2) is 41.0 Å². The predicted molar refractivity (Wildman–Crippen MR) is 104 cm³/mol. The Balaban J connectivity index is 1.38. The average molecular weight is 402 g/mol. The van der Waals surface area contributed by atoms with Crippen LogP contribution in [-0.2, 0) is 9.59 Å². The van der Waals surface area contributed by atoms with Crippen LogP contribution in [0.4, 0.5) is 10.1 Å². The molecular formula is C20H23FN4O4. The van der Waals surface area contributed by atoms with E-state index < -0.39 is 0 Å². The summed E-state index contributed by atoms with van der Waals surface area (Å²) >= 11 is 0. The van der Waals surface area contributed by atoms with Crippen molar-refractivity contribution in [2.75, 3.05) is 44.6 Å². The van der Waals surface area contributed by atoms with E-state index in [9.17, 15) is 18.8 Å². The number of carbonyl (C=O) groups is 3. The fourth-order valence-electron chi connectivity index (χ4n) is 3.08. The van der Waals surface area contributed by atoms with Crippen LogP contribution in [0.1, 0.15) is 16.1 Å². The largest absolute Gasteiger partial charge is 0.469 e. The van der Waals surface area contributed by atoms with E-state index in [1.54, 1.807) is 17.9 Å². The molecule has 2 heterocycles. The van der Waals surface area contributed by atoms with Crippen LogP contribution in [0.3, 0.4) is 0 Å². The number of piperazine rings is 1. The minimum absolute atomic E-state index is 0.0888. The van der Waals surface area contributed by atoms with Crippen LogP contribution in [-0.4, -0.2) is 66.8 Å². The van der Waals surface area contributed by atoms with Gasteiger partial charge in [0, 0.05) is 31.9 Å². The maximum absolute atomic E-state index is 12.9. The monoisotopic (exact) mass is 402 g/mol. The van der Waals surface area contributed by atoms with Crippen LogP contribution in [0, 0.1) is 12.7 Å². The summed E-state index contributed by atoms with van der Waals surface area (Å²) in [6.07, 6.45) is 1.43. The number of anilines is 1. The number of furan rings is 1. The first-order valence-electron chi connectivity index (χ1n) is 9.30. The van der Waals surface area contributed by atoms with E-state index in [4.69, 9.17) is 4.42 Å². The molecule has 0 bridgehead atoms. The second-order valence-corrected chi connectivity index (χ2v) is 6.79. The van der Waals surface area contributed by atoms with Crippen LogP contribution >= 0.6 is 0 Å². The molecule has 0 aliphatic carbocycles. The van der Waals surface area contributed by atoms with E-state index in [0.717, 1.165) is 0 Å². The number of hydrogen-bond donors (Lipinski definition) is 2. The SMILES string of the molecule is Cc1occc1C(=O)NCC(=O)N1CCN(CC(=O)Nc2ccc(F)cc2)CC1. The maximum Gasteiger partial charge on any atom is 0.255 e. The number of carbonyl (C=O) groups excluding carboxylic acids is 3. The molecule has 1 saturated heterocycles. The van der Waals surface area contributed by atoms with Crippen molar-refractivity contribution in [1.82, 2.24) is 15.1 Å². The number of benzene rings is 1. The molecule has 9 heteroatoms. The Morgan fingerprint density at radius 3 is 2.38 bits per heavy atom. The van der Waals surface area contributed by atoms with E-state index in [0.29, 0.717) is 43.2 Å². The molecule has 1 aliphatic heterocycles. The van der Waals surface area contributed by atoms with Gasteiger partial charge >= 0.3 is 0 Å². The molecule has 0 saturated carbocycles. The summed E-state index contributed by atoms with van der Waals surface area (Å²) in [6, 6.07) is 7.14. The number of nitrogens with zero attached hydrogens (tertiary/aromatic N) is 2. The molecule has 29 heavy (non-hydrogen) atoms. The van der Waals surface area contributed by atoms with Gasteiger partial charge in [-0.3, -0.25) is 19.3 Å². The van der Waals surface area contributed by atoms with E-state index >= 15 is 0 Å². The number of halogens is 1. The first-order chi connectivity index (χ1) is 13.9. The molecule has 1 aromatic carbocycles. The van der Waals surface area contributed by atoms with Gasteiger partial charge < -0.3 is 20.0 Å². The predicted octanol–water partition coefficient (Wildman–Crippen LogP) is 1.24. The van der Waals surface area contributed by atoms with Gasteiger partial charge in [-0.1, -0.05) is 0 Å². The normalized spacial score (nSPS) is 14.5. The van der Waals surface area contributed by atoms with Gasteiger partial charge in [-0.25, -0.2) is 4.39 Å². The summed E-state index contributed by atoms with van der Waals surface area (Å²) in [6.45, 7) is 3.84. The van der Waals surface area contributed by atoms with Crippen molar-refractivity contribution in [1.29, 1.82) is 0 Å². The van der Waals surface area contributed by atoms with Crippen LogP contribution in [0.25, 0.3) is 0 Å². The van der Waals surface area contributed by atoms with Crippen LogP contribution in [0.2, 0.25) is 0 Å². The van der Waals surface area contributed by atoms with Gasteiger partial charge in [-0.15, -0.1) is 0 Å². The third-order valence-corrected chi connectivity index (χ3v) is 4.72. The second kappa shape index (κ2) is 9.33. The van der Waals surface area contributed by atoms with Crippen molar-refractivity contribution in [3.63, 3.8) is 0 Å². The van der Waals surface area contributed by atoms with Crippen molar-refractivity contribution in [3.8, 4) is 0 Å². The first-order valence-corrected chi connectivity index (χ1v) is 9.30. The third kappa shape index (κ3) is 5.64. The Hall–Kier alpha value is -3.20. The molecule has 8 nitrogen and oxygen atoms in total. The molecule has 0 atom stereocenters. The van der Waals surface area contributed by atoms with E-state index in [-0.39, 0.29) is 36.6 Å². The van der Waals surface area contributed by atoms with Crippen molar-refractivity contribution in [3.05, 3.63) is 53.7 Å². The van der Waals surface area contributed by atoms with E-state index in [1.165, 1.54) is 30.5 Å². The quantitative estimate of drug-likeness (QED) is 0.758. The molecular weight excluding hydrogens is 379 g/mol. The number of rotatable bonds is 6. The summed E-state index contributed by atoms with van der Waals surface area (Å²) in [4.78, 5) is 40.1. The lowest BCUT2D eigenvalue weighted by atomic mass is 10.2. The Bertz CT molecular complexity index is 873. The lowest BCUT2D eigenvalue weighted by Gasteiger charge is -2.34. The number of nitrogens with one attached hydrogen (secondary N) is 2. The Morgan fingerprint density at radius 2 is 1.76 bits per heavy atom. The van der Waals surface area contributed by atoms with Gasteiger partial charge in [0.25, 0.3) is 5.91 Å². The molecule has 3 amide bonds. The van der Waals surface area contributed by atoms with Gasteiger partial charge in [0.15, 0.2) is 0 Å². The highest BCUT2D eigenvalue weighted by Gasteiger charge is 2.23.